The third kappa shape index (κ3) is 5.58. The summed E-state index contributed by atoms with van der Waals surface area (Å²) in [6.45, 7) is 1.96. The maximum absolute atomic E-state index is 13.1. The van der Waals surface area contributed by atoms with E-state index in [0.717, 1.165) is 31.5 Å². The molecule has 2 atom stereocenters. The van der Waals surface area contributed by atoms with E-state index in [1.54, 1.807) is 12.1 Å². The molecule has 3 N–H and O–H groups in total. The Morgan fingerprint density at radius 1 is 1.21 bits per heavy atom. The summed E-state index contributed by atoms with van der Waals surface area (Å²) < 4.78 is 6.02. The number of nitrogens with zero attached hydrogens (tertiary/aromatic N) is 2. The number of aromatic nitrogens is 1. The quantitative estimate of drug-likeness (QED) is 0.583. The van der Waals surface area contributed by atoms with Gasteiger partial charge in [-0.3, -0.25) is 14.4 Å². The monoisotopic (exact) mass is 460 g/mol. The van der Waals surface area contributed by atoms with Crippen LogP contribution in [0.3, 0.4) is 0 Å². The lowest BCUT2D eigenvalue weighted by Gasteiger charge is -2.33. The number of likely N-dealkylation sites (tertiary alicyclic amines) is 1. The van der Waals surface area contributed by atoms with Crippen LogP contribution in [0.2, 0.25) is 0 Å². The zero-order valence-electron chi connectivity index (χ0n) is 19.1. The molecule has 0 saturated carbocycles. The molecule has 176 valence electrons. The lowest BCUT2D eigenvalue weighted by atomic mass is 9.85. The van der Waals surface area contributed by atoms with Gasteiger partial charge in [0.15, 0.2) is 0 Å². The number of benzene rings is 1. The Morgan fingerprint density at radius 2 is 2.00 bits per heavy atom. The minimum Gasteiger partial charge on any atom is -0.439 e. The van der Waals surface area contributed by atoms with Crippen LogP contribution >= 0.6 is 0 Å². The number of Topliss-reactive ketones (excluding diaryl/α,β-unsaturated/α-hetero) is 1. The summed E-state index contributed by atoms with van der Waals surface area (Å²) >= 11 is 0. The fourth-order valence-electron chi connectivity index (χ4n) is 4.31. The molecular formula is C26H28N4O4. The standard InChI is InChI=1S/C26H28N4O4/c1-30-13-11-18-9-10-20(15-19(18)16-30)34-26-21(8-5-12-28-26)25(33)29-22(23(31)24(27)32)14-17-6-3-2-4-7-17/h2-8,10,12,15,18,22H,9,11,13-14,16H2,1H3,(H2,27,32)(H,29,33). The highest BCUT2D eigenvalue weighted by molar-refractivity contribution is 6.38. The van der Waals surface area contributed by atoms with Crippen LogP contribution in [0.4, 0.5) is 0 Å². The predicted molar refractivity (Wildman–Crippen MR) is 127 cm³/mol. The van der Waals surface area contributed by atoms with Crippen LogP contribution in [0.1, 0.15) is 28.8 Å². The third-order valence-corrected chi connectivity index (χ3v) is 6.14. The maximum atomic E-state index is 13.1. The second kappa shape index (κ2) is 10.4. The molecule has 1 aliphatic heterocycles. The van der Waals surface area contributed by atoms with Gasteiger partial charge in [-0.25, -0.2) is 4.98 Å². The molecular weight excluding hydrogens is 432 g/mol. The molecule has 0 bridgehead atoms. The van der Waals surface area contributed by atoms with Crippen LogP contribution in [0.15, 0.2) is 72.1 Å². The van der Waals surface area contributed by atoms with Crippen LogP contribution < -0.4 is 15.8 Å². The van der Waals surface area contributed by atoms with Crippen molar-refractivity contribution in [3.63, 3.8) is 0 Å². The highest BCUT2D eigenvalue weighted by atomic mass is 16.5. The van der Waals surface area contributed by atoms with E-state index in [-0.39, 0.29) is 17.9 Å². The number of ketones is 1. The number of rotatable bonds is 8. The van der Waals surface area contributed by atoms with Gasteiger partial charge in [0.05, 0.1) is 0 Å². The van der Waals surface area contributed by atoms with Crippen molar-refractivity contribution in [1.82, 2.24) is 15.2 Å². The molecule has 1 fully saturated rings. The minimum atomic E-state index is -1.10. The van der Waals surface area contributed by atoms with Crippen LogP contribution in [0.25, 0.3) is 0 Å². The van der Waals surface area contributed by atoms with Gasteiger partial charge in [0.1, 0.15) is 17.4 Å². The summed E-state index contributed by atoms with van der Waals surface area (Å²) in [6, 6.07) is 11.2. The molecule has 1 saturated heterocycles. The Morgan fingerprint density at radius 3 is 2.76 bits per heavy atom. The fraction of sp³-hybridized carbons (Fsp3) is 0.308. The van der Waals surface area contributed by atoms with Crippen molar-refractivity contribution in [2.75, 3.05) is 20.1 Å². The lowest BCUT2D eigenvalue weighted by Crippen LogP contribution is -2.47. The maximum Gasteiger partial charge on any atom is 0.287 e. The SMILES string of the molecule is CN1CCC2CC=C(Oc3ncccc3C(=O)NC(Cc3ccccc3)C(=O)C(N)=O)C=C2C1. The zero-order chi connectivity index (χ0) is 24.1. The molecule has 1 aliphatic carbocycles. The van der Waals surface area contributed by atoms with Gasteiger partial charge >= 0.3 is 0 Å². The van der Waals surface area contributed by atoms with Gasteiger partial charge < -0.3 is 20.7 Å². The molecule has 2 amide bonds. The van der Waals surface area contributed by atoms with Crippen LogP contribution in [0, 0.1) is 5.92 Å². The molecule has 1 aromatic heterocycles. The first-order chi connectivity index (χ1) is 16.4. The summed E-state index contributed by atoms with van der Waals surface area (Å²) in [7, 11) is 2.09. The van der Waals surface area contributed by atoms with Crippen molar-refractivity contribution in [2.24, 2.45) is 11.7 Å². The molecule has 34 heavy (non-hydrogen) atoms. The summed E-state index contributed by atoms with van der Waals surface area (Å²) in [6.07, 6.45) is 7.71. The Labute approximate surface area is 198 Å². The van der Waals surface area contributed by atoms with Crippen LogP contribution in [-0.4, -0.2) is 53.7 Å². The number of pyridine rings is 1. The minimum absolute atomic E-state index is 0.135. The predicted octanol–water partition coefficient (Wildman–Crippen LogP) is 2.02. The summed E-state index contributed by atoms with van der Waals surface area (Å²) in [5, 5.41) is 2.64. The molecule has 4 rings (SSSR count). The van der Waals surface area contributed by atoms with Crippen molar-refractivity contribution in [2.45, 2.75) is 25.3 Å². The fourth-order valence-corrected chi connectivity index (χ4v) is 4.31. The van der Waals surface area contributed by atoms with E-state index in [2.05, 4.69) is 22.2 Å². The second-order valence-corrected chi connectivity index (χ2v) is 8.69. The average molecular weight is 461 g/mol. The van der Waals surface area contributed by atoms with Crippen LogP contribution in [-0.2, 0) is 16.0 Å². The van der Waals surface area contributed by atoms with Gasteiger partial charge in [0.25, 0.3) is 11.8 Å². The van der Waals surface area contributed by atoms with E-state index in [4.69, 9.17) is 10.5 Å². The Kier molecular flexibility index (Phi) is 7.18. The largest absolute Gasteiger partial charge is 0.439 e. The van der Waals surface area contributed by atoms with Gasteiger partial charge in [-0.15, -0.1) is 0 Å². The zero-order valence-corrected chi connectivity index (χ0v) is 19.1. The Bertz CT molecular complexity index is 1140. The molecule has 1 aromatic carbocycles. The molecule has 2 aliphatic rings. The number of fused-ring (bicyclic) bond motifs is 1. The van der Waals surface area contributed by atoms with Crippen molar-refractivity contribution in [1.29, 1.82) is 0 Å². The van der Waals surface area contributed by atoms with E-state index in [1.807, 2.05) is 42.5 Å². The number of carbonyl (C=O) groups excluding carboxylic acids is 3. The number of allylic oxidation sites excluding steroid dienone is 2. The molecule has 2 unspecified atom stereocenters. The molecule has 8 nitrogen and oxygen atoms in total. The highest BCUT2D eigenvalue weighted by Gasteiger charge is 2.28. The normalized spacial score (nSPS) is 18.7. The van der Waals surface area contributed by atoms with Crippen molar-refractivity contribution >= 4 is 17.6 Å². The van der Waals surface area contributed by atoms with E-state index in [9.17, 15) is 14.4 Å². The second-order valence-electron chi connectivity index (χ2n) is 8.69. The van der Waals surface area contributed by atoms with E-state index >= 15 is 0 Å². The van der Waals surface area contributed by atoms with Gasteiger partial charge in [0.2, 0.25) is 11.7 Å². The van der Waals surface area contributed by atoms with Crippen LogP contribution in [0.5, 0.6) is 5.88 Å². The van der Waals surface area contributed by atoms with Crippen molar-refractivity contribution < 1.29 is 19.1 Å². The van der Waals surface area contributed by atoms with Crippen molar-refractivity contribution in [3.8, 4) is 5.88 Å². The Balaban J connectivity index is 1.52. The first kappa shape index (κ1) is 23.4. The van der Waals surface area contributed by atoms with Gasteiger partial charge in [0, 0.05) is 19.2 Å². The first-order valence-corrected chi connectivity index (χ1v) is 11.3. The first-order valence-electron chi connectivity index (χ1n) is 11.3. The molecule has 0 radical (unpaired) electrons. The van der Waals surface area contributed by atoms with Crippen molar-refractivity contribution in [3.05, 3.63) is 83.3 Å². The summed E-state index contributed by atoms with van der Waals surface area (Å²) in [4.78, 5) is 43.6. The number of hydrogen-bond donors (Lipinski definition) is 2. The smallest absolute Gasteiger partial charge is 0.287 e. The number of nitrogens with two attached hydrogens (primary N) is 1. The summed E-state index contributed by atoms with van der Waals surface area (Å²) in [5.74, 6) is -1.24. The third-order valence-electron chi connectivity index (χ3n) is 6.14. The van der Waals surface area contributed by atoms with E-state index in [1.165, 1.54) is 11.8 Å². The molecule has 2 aromatic rings. The molecule has 0 spiro atoms. The van der Waals surface area contributed by atoms with E-state index in [0.29, 0.717) is 11.7 Å². The number of nitrogens with one attached hydrogen (secondary N) is 1. The van der Waals surface area contributed by atoms with Gasteiger partial charge in [-0.2, -0.15) is 0 Å². The number of carbonyl (C=O) groups is 3. The number of likely N-dealkylation sites (N-methyl/N-ethyl adjacent to an activating group) is 1. The number of piperidine rings is 1. The average Bonchev–Trinajstić information content (AvgIpc) is 2.83. The number of ether oxygens (including phenoxy) is 1. The number of hydrogen-bond acceptors (Lipinski definition) is 6. The highest BCUT2D eigenvalue weighted by Crippen LogP contribution is 2.32. The number of primary amides is 1. The molecule has 2 heterocycles. The topological polar surface area (TPSA) is 115 Å². The summed E-state index contributed by atoms with van der Waals surface area (Å²) in [5.41, 5.74) is 7.49. The molecule has 8 heteroatoms. The van der Waals surface area contributed by atoms with Gasteiger partial charge in [-0.05, 0) is 67.8 Å². The Hall–Kier alpha value is -3.78. The van der Waals surface area contributed by atoms with E-state index < -0.39 is 23.6 Å². The van der Waals surface area contributed by atoms with Gasteiger partial charge in [-0.1, -0.05) is 30.3 Å². The lowest BCUT2D eigenvalue weighted by molar-refractivity contribution is -0.137. The number of amides is 2.